The van der Waals surface area contributed by atoms with Crippen LogP contribution in [0.3, 0.4) is 0 Å². The SMILES string of the molecule is Cc1cc(C)c(C2(O)CCN(C(=O)OC(C)(C)C)CC2)c(C)c1. The van der Waals surface area contributed by atoms with E-state index in [1.807, 2.05) is 34.6 Å². The van der Waals surface area contributed by atoms with Crippen molar-refractivity contribution in [2.24, 2.45) is 0 Å². The fourth-order valence-corrected chi connectivity index (χ4v) is 3.55. The largest absolute Gasteiger partial charge is 0.444 e. The zero-order valence-electron chi connectivity index (χ0n) is 15.2. The van der Waals surface area contributed by atoms with Crippen molar-refractivity contribution in [1.82, 2.24) is 4.90 Å². The molecular formula is C19H29NO3. The van der Waals surface area contributed by atoms with E-state index in [0.717, 1.165) is 16.7 Å². The summed E-state index contributed by atoms with van der Waals surface area (Å²) in [7, 11) is 0. The molecule has 23 heavy (non-hydrogen) atoms. The minimum Gasteiger partial charge on any atom is -0.444 e. The lowest BCUT2D eigenvalue weighted by molar-refractivity contribution is -0.0362. The van der Waals surface area contributed by atoms with Crippen LogP contribution in [-0.2, 0) is 10.3 Å². The lowest BCUT2D eigenvalue weighted by atomic mass is 9.79. The van der Waals surface area contributed by atoms with Gasteiger partial charge >= 0.3 is 6.09 Å². The van der Waals surface area contributed by atoms with Crippen molar-refractivity contribution in [3.63, 3.8) is 0 Å². The van der Waals surface area contributed by atoms with Crippen molar-refractivity contribution in [3.8, 4) is 0 Å². The summed E-state index contributed by atoms with van der Waals surface area (Å²) < 4.78 is 5.42. The molecule has 0 unspecified atom stereocenters. The Hall–Kier alpha value is -1.55. The number of carbonyl (C=O) groups excluding carboxylic acids is 1. The standard InChI is InChI=1S/C19H29NO3/c1-13-11-14(2)16(15(3)12-13)19(22)7-9-20(10-8-19)17(21)23-18(4,5)6/h11-12,22H,7-10H2,1-6H3. The predicted molar refractivity (Wildman–Crippen MR) is 91.6 cm³/mol. The van der Waals surface area contributed by atoms with Crippen LogP contribution in [0.5, 0.6) is 0 Å². The maximum Gasteiger partial charge on any atom is 0.410 e. The molecule has 1 aromatic rings. The molecule has 4 nitrogen and oxygen atoms in total. The summed E-state index contributed by atoms with van der Waals surface area (Å²) in [4.78, 5) is 13.9. The van der Waals surface area contributed by atoms with Crippen LogP contribution in [0.25, 0.3) is 0 Å². The highest BCUT2D eigenvalue weighted by atomic mass is 16.6. The number of aliphatic hydroxyl groups is 1. The second-order valence-electron chi connectivity index (χ2n) is 7.77. The van der Waals surface area contributed by atoms with Crippen molar-refractivity contribution in [2.75, 3.05) is 13.1 Å². The van der Waals surface area contributed by atoms with Gasteiger partial charge in [-0.1, -0.05) is 17.7 Å². The molecule has 0 radical (unpaired) electrons. The van der Waals surface area contributed by atoms with E-state index in [9.17, 15) is 9.90 Å². The van der Waals surface area contributed by atoms with E-state index in [2.05, 4.69) is 19.1 Å². The number of rotatable bonds is 1. The van der Waals surface area contributed by atoms with Crippen LogP contribution >= 0.6 is 0 Å². The third kappa shape index (κ3) is 4.05. The zero-order valence-corrected chi connectivity index (χ0v) is 15.2. The number of carbonyl (C=O) groups is 1. The first-order valence-electron chi connectivity index (χ1n) is 8.30. The number of nitrogens with zero attached hydrogens (tertiary/aromatic N) is 1. The maximum absolute atomic E-state index is 12.2. The van der Waals surface area contributed by atoms with Crippen LogP contribution in [0.2, 0.25) is 0 Å². The normalized spacial score (nSPS) is 18.0. The molecule has 0 saturated carbocycles. The molecule has 1 saturated heterocycles. The van der Waals surface area contributed by atoms with Crippen molar-refractivity contribution in [2.45, 2.75) is 65.6 Å². The maximum atomic E-state index is 12.2. The van der Waals surface area contributed by atoms with Gasteiger partial charge < -0.3 is 14.7 Å². The van der Waals surface area contributed by atoms with Crippen molar-refractivity contribution >= 4 is 6.09 Å². The fourth-order valence-electron chi connectivity index (χ4n) is 3.55. The van der Waals surface area contributed by atoms with E-state index >= 15 is 0 Å². The van der Waals surface area contributed by atoms with Crippen molar-refractivity contribution in [1.29, 1.82) is 0 Å². The molecule has 0 aliphatic carbocycles. The third-order valence-electron chi connectivity index (χ3n) is 4.38. The van der Waals surface area contributed by atoms with E-state index in [1.165, 1.54) is 5.56 Å². The van der Waals surface area contributed by atoms with Gasteiger partial charge in [0.2, 0.25) is 0 Å². The van der Waals surface area contributed by atoms with Gasteiger partial charge in [-0.2, -0.15) is 0 Å². The van der Waals surface area contributed by atoms with E-state index in [0.29, 0.717) is 25.9 Å². The first-order valence-corrected chi connectivity index (χ1v) is 8.30. The Balaban J connectivity index is 2.13. The monoisotopic (exact) mass is 319 g/mol. The Morgan fingerprint density at radius 3 is 2.04 bits per heavy atom. The number of piperidine rings is 1. The van der Waals surface area contributed by atoms with Crippen LogP contribution < -0.4 is 0 Å². The number of hydrogen-bond donors (Lipinski definition) is 1. The smallest absolute Gasteiger partial charge is 0.410 e. The Morgan fingerprint density at radius 2 is 1.61 bits per heavy atom. The quantitative estimate of drug-likeness (QED) is 0.856. The lowest BCUT2D eigenvalue weighted by Gasteiger charge is -2.40. The fraction of sp³-hybridized carbons (Fsp3) is 0.632. The Kier molecular flexibility index (Phi) is 4.76. The molecular weight excluding hydrogens is 290 g/mol. The Morgan fingerprint density at radius 1 is 1.13 bits per heavy atom. The lowest BCUT2D eigenvalue weighted by Crippen LogP contribution is -2.47. The Bertz CT molecular complexity index is 570. The van der Waals surface area contributed by atoms with Gasteiger partial charge in [-0.3, -0.25) is 0 Å². The van der Waals surface area contributed by atoms with Gasteiger partial charge in [-0.05, 0) is 71.1 Å². The van der Waals surface area contributed by atoms with E-state index in [-0.39, 0.29) is 6.09 Å². The minimum atomic E-state index is -0.861. The van der Waals surface area contributed by atoms with Gasteiger partial charge in [-0.25, -0.2) is 4.79 Å². The van der Waals surface area contributed by atoms with Gasteiger partial charge in [0.1, 0.15) is 5.60 Å². The zero-order chi connectivity index (χ0) is 17.4. The summed E-state index contributed by atoms with van der Waals surface area (Å²) in [5.41, 5.74) is 3.12. The van der Waals surface area contributed by atoms with Gasteiger partial charge in [0.05, 0.1) is 5.60 Å². The molecule has 1 aliphatic heterocycles. The van der Waals surface area contributed by atoms with Crippen LogP contribution in [0, 0.1) is 20.8 Å². The topological polar surface area (TPSA) is 49.8 Å². The molecule has 2 rings (SSSR count). The van der Waals surface area contributed by atoms with E-state index in [4.69, 9.17) is 4.74 Å². The highest BCUT2D eigenvalue weighted by Gasteiger charge is 2.38. The number of aryl methyl sites for hydroxylation is 3. The van der Waals surface area contributed by atoms with Gasteiger partial charge in [0, 0.05) is 13.1 Å². The van der Waals surface area contributed by atoms with Gasteiger partial charge in [-0.15, -0.1) is 0 Å². The highest BCUT2D eigenvalue weighted by Crippen LogP contribution is 2.37. The van der Waals surface area contributed by atoms with Gasteiger partial charge in [0.25, 0.3) is 0 Å². The molecule has 0 atom stereocenters. The van der Waals surface area contributed by atoms with Crippen molar-refractivity contribution in [3.05, 3.63) is 34.4 Å². The summed E-state index contributed by atoms with van der Waals surface area (Å²) in [6, 6.07) is 4.22. The number of benzene rings is 1. The predicted octanol–water partition coefficient (Wildman–Crippen LogP) is 3.83. The molecule has 1 fully saturated rings. The molecule has 1 heterocycles. The average Bonchev–Trinajstić information content (AvgIpc) is 2.35. The molecule has 1 aliphatic rings. The average molecular weight is 319 g/mol. The molecule has 0 aromatic heterocycles. The summed E-state index contributed by atoms with van der Waals surface area (Å²) in [5, 5.41) is 11.1. The number of likely N-dealkylation sites (tertiary alicyclic amines) is 1. The molecule has 4 heteroatoms. The van der Waals surface area contributed by atoms with Crippen LogP contribution in [0.15, 0.2) is 12.1 Å². The van der Waals surface area contributed by atoms with Gasteiger partial charge in [0.15, 0.2) is 0 Å². The third-order valence-corrected chi connectivity index (χ3v) is 4.38. The molecule has 1 amide bonds. The summed E-state index contributed by atoms with van der Waals surface area (Å²) in [6.45, 7) is 12.8. The second kappa shape index (κ2) is 6.16. The second-order valence-corrected chi connectivity index (χ2v) is 7.77. The summed E-state index contributed by atoms with van der Waals surface area (Å²) in [6.07, 6.45) is 0.783. The molecule has 0 bridgehead atoms. The summed E-state index contributed by atoms with van der Waals surface area (Å²) in [5.74, 6) is 0. The van der Waals surface area contributed by atoms with Crippen LogP contribution in [-0.4, -0.2) is 34.8 Å². The minimum absolute atomic E-state index is 0.295. The van der Waals surface area contributed by atoms with Crippen molar-refractivity contribution < 1.29 is 14.6 Å². The molecule has 1 aromatic carbocycles. The highest BCUT2D eigenvalue weighted by molar-refractivity contribution is 5.68. The molecule has 0 spiro atoms. The van der Waals surface area contributed by atoms with Crippen LogP contribution in [0.1, 0.15) is 55.9 Å². The number of ether oxygens (including phenoxy) is 1. The summed E-state index contributed by atoms with van der Waals surface area (Å²) >= 11 is 0. The van der Waals surface area contributed by atoms with Crippen LogP contribution in [0.4, 0.5) is 4.79 Å². The Labute approximate surface area is 139 Å². The number of hydrogen-bond acceptors (Lipinski definition) is 3. The molecule has 1 N–H and O–H groups in total. The molecule has 128 valence electrons. The first kappa shape index (κ1) is 17.8. The van der Waals surface area contributed by atoms with E-state index < -0.39 is 11.2 Å². The van der Waals surface area contributed by atoms with E-state index in [1.54, 1.807) is 4.90 Å². The first-order chi connectivity index (χ1) is 10.5. The number of amides is 1.